The third kappa shape index (κ3) is 33.3. The highest BCUT2D eigenvalue weighted by Crippen LogP contribution is 2.20. The predicted molar refractivity (Wildman–Crippen MR) is 399 cm³/mol. The number of primary amides is 2. The Morgan fingerprint density at radius 1 is 0.505 bits per heavy atom. The monoisotopic (exact) mass is 1570 g/mol. The summed E-state index contributed by atoms with van der Waals surface area (Å²) < 4.78 is 0. The number of aliphatic hydroxyl groups excluding tert-OH is 1. The Bertz CT molecular complexity index is 3720. The first-order valence-corrected chi connectivity index (χ1v) is 35.9. The van der Waals surface area contributed by atoms with Crippen LogP contribution in [0.4, 0.5) is 0 Å². The van der Waals surface area contributed by atoms with E-state index in [4.69, 9.17) is 22.9 Å². The number of carboxylic acids is 1. The topological polar surface area (TPSA) is 660 Å². The van der Waals surface area contributed by atoms with Crippen molar-refractivity contribution in [2.45, 2.75) is 192 Å². The van der Waals surface area contributed by atoms with Crippen molar-refractivity contribution < 1.29 is 91.7 Å². The molecule has 2 heterocycles. The first-order valence-electron chi connectivity index (χ1n) is 34.6. The van der Waals surface area contributed by atoms with Crippen LogP contribution in [0.1, 0.15) is 112 Å². The van der Waals surface area contributed by atoms with Crippen LogP contribution in [0.3, 0.4) is 0 Å². The van der Waals surface area contributed by atoms with Crippen LogP contribution in [0.2, 0.25) is 0 Å². The number of guanidine groups is 1. The fraction of sp³-hybridized carbons (Fsp3) is 0.561. The number of carboxylic acid groups (broad SMARTS) is 1. The first-order chi connectivity index (χ1) is 51.2. The van der Waals surface area contributed by atoms with Gasteiger partial charge in [0.05, 0.1) is 31.9 Å². The first kappa shape index (κ1) is 92.1. The van der Waals surface area contributed by atoms with Crippen molar-refractivity contribution in [3.05, 3.63) is 54.2 Å². The average Bonchev–Trinajstić information content (AvgIpc) is 1.72. The van der Waals surface area contributed by atoms with E-state index in [0.29, 0.717) is 16.5 Å². The molecule has 3 rings (SSSR count). The fourth-order valence-corrected chi connectivity index (χ4v) is 11.0. The molecule has 0 saturated heterocycles. The normalized spacial score (nSPS) is 14.7. The molecule has 26 N–H and O–H groups in total. The van der Waals surface area contributed by atoms with Gasteiger partial charge in [-0.05, 0) is 76.3 Å². The molecule has 0 fully saturated rings. The molecule has 0 aliphatic carbocycles. The maximum Gasteiger partial charge on any atom is 0.303 e. The number of nitrogens with zero attached hydrogens (tertiary/aromatic N) is 2. The summed E-state index contributed by atoms with van der Waals surface area (Å²) in [6.45, 7) is 10.4. The van der Waals surface area contributed by atoms with Crippen molar-refractivity contribution in [1.82, 2.24) is 89.4 Å². The quantitative estimate of drug-likeness (QED) is 0.0108. The number of aliphatic carboxylic acids is 1. The van der Waals surface area contributed by atoms with Gasteiger partial charge in [0.25, 0.3) is 0 Å². The Balaban J connectivity index is 1.98. The number of aromatic nitrogens is 3. The minimum atomic E-state index is -1.87. The highest BCUT2D eigenvalue weighted by Gasteiger charge is 2.38. The van der Waals surface area contributed by atoms with Crippen LogP contribution in [0.25, 0.3) is 10.9 Å². The summed E-state index contributed by atoms with van der Waals surface area (Å²) in [5.74, 6) is -18.5. The van der Waals surface area contributed by atoms with Crippen LogP contribution in [-0.4, -0.2) is 241 Å². The van der Waals surface area contributed by atoms with Gasteiger partial charge in [0.15, 0.2) is 5.96 Å². The van der Waals surface area contributed by atoms with Crippen molar-refractivity contribution in [2.24, 2.45) is 39.8 Å². The minimum absolute atomic E-state index is 0.0336. The van der Waals surface area contributed by atoms with E-state index in [2.05, 4.69) is 120 Å². The SMILES string of the molecule is CC(=O)N[C@@H](C)C(=O)N[C@@H](CS)C(=O)N[C@H](C(=O)N[C@@H](CCC(=O)O)C(=O)N[C@@H](CCCN=C(N)N)C(=O)N[C@@H](Cc1c[nH]c2ccccc12)C(=O)N[C@@H](C)C(=O)N[C@@H](CC(C)C)C(=O)N[C@@H](Cc1cnc[nH]1)C(=O)N[C@@H](CC(N)=O)C(=O)N[C@@H](CC(C)C)C(=O)N[C@@H](CS)C(=O)NCC(=O)NCC(N)=O)[C@@H](C)O. The number of aliphatic hydroxyl groups is 1. The summed E-state index contributed by atoms with van der Waals surface area (Å²) in [6.07, 6.45) is -0.915. The number of aromatic amines is 2. The number of hydrogen-bond donors (Lipinski definition) is 24. The van der Waals surface area contributed by atoms with Gasteiger partial charge in [-0.1, -0.05) is 45.9 Å². The second-order valence-corrected chi connectivity index (χ2v) is 27.1. The lowest BCUT2D eigenvalue weighted by Gasteiger charge is -2.28. The van der Waals surface area contributed by atoms with Crippen LogP contribution < -0.4 is 97.4 Å². The molecular formula is C66H102N22O19S2. The number of amides is 16. The van der Waals surface area contributed by atoms with Gasteiger partial charge >= 0.3 is 5.97 Å². The van der Waals surface area contributed by atoms with Gasteiger partial charge in [-0.3, -0.25) is 86.5 Å². The number of aliphatic imine (C=N–C) groups is 1. The van der Waals surface area contributed by atoms with E-state index in [0.717, 1.165) is 13.8 Å². The molecule has 2 aromatic heterocycles. The number of carbonyl (C=O) groups is 17. The Hall–Kier alpha value is -11.1. The van der Waals surface area contributed by atoms with Gasteiger partial charge in [0.1, 0.15) is 72.5 Å². The van der Waals surface area contributed by atoms with E-state index in [1.54, 1.807) is 58.2 Å². The molecule has 0 spiro atoms. The molecule has 1 aromatic carbocycles. The van der Waals surface area contributed by atoms with Crippen molar-refractivity contribution in [3.8, 4) is 0 Å². The van der Waals surface area contributed by atoms with E-state index in [1.165, 1.54) is 26.4 Å². The standard InChI is InChI=1S/C66H102N22O19S2/c1-30(2)18-42(60(102)84-45(21-37-24-71-29-76-37)62(104)85-46(22-49(67)91)63(105)82-43(19-31(3)4)61(103)87-47(27-108)56(98)75-26-51(93)74-25-50(68)92)81-55(97)33(6)78-59(101)44(20-36-23-73-39-13-10-9-12-38(36)39)83-57(99)40(14-11-17-72-66(69)70)79-58(100)41(15-16-52(94)95)80-65(107)53(34(7)89)88-64(106)48(28-109)86-54(96)32(5)77-35(8)90/h9-10,12-13,23-24,29-34,40-48,53,73,89,108-109H,11,14-22,25-28H2,1-8H3,(H2,67,91)(H2,68,92)(H,71,76)(H,74,93)(H,75,98)(H,77,90)(H,78,101)(H,79,100)(H,80,107)(H,81,97)(H,82,105)(H,83,99)(H,84,102)(H,85,104)(H,86,96)(H,87,103)(H,88,106)(H,94,95)(H4,69,70,72)/t32-,33-,34+,40-,41-,42-,43-,44-,45-,46-,47-,48-,53-/m0/s1. The highest BCUT2D eigenvalue weighted by molar-refractivity contribution is 7.80. The van der Waals surface area contributed by atoms with Crippen molar-refractivity contribution in [2.75, 3.05) is 31.1 Å². The second-order valence-electron chi connectivity index (χ2n) is 26.4. The maximum atomic E-state index is 14.8. The number of H-pyrrole nitrogens is 2. The van der Waals surface area contributed by atoms with E-state index >= 15 is 0 Å². The van der Waals surface area contributed by atoms with Crippen molar-refractivity contribution in [3.63, 3.8) is 0 Å². The summed E-state index contributed by atoms with van der Waals surface area (Å²) in [5.41, 5.74) is 23.1. The number of para-hydroxylation sites is 1. The van der Waals surface area contributed by atoms with Crippen LogP contribution in [0, 0.1) is 11.8 Å². The molecule has 0 bridgehead atoms. The number of nitrogens with two attached hydrogens (primary N) is 4. The molecule has 0 unspecified atom stereocenters. The molecule has 109 heavy (non-hydrogen) atoms. The van der Waals surface area contributed by atoms with Gasteiger partial charge in [0.2, 0.25) is 94.5 Å². The van der Waals surface area contributed by atoms with Gasteiger partial charge in [-0.15, -0.1) is 0 Å². The number of rotatable bonds is 48. The molecule has 0 aliphatic rings. The third-order valence-corrected chi connectivity index (χ3v) is 16.8. The zero-order chi connectivity index (χ0) is 81.9. The molecular weight excluding hydrogens is 1470 g/mol. The number of benzene rings is 1. The molecule has 16 amide bonds. The van der Waals surface area contributed by atoms with E-state index < -0.39 is 211 Å². The molecule has 13 atom stereocenters. The van der Waals surface area contributed by atoms with Crippen molar-refractivity contribution in [1.29, 1.82) is 0 Å². The van der Waals surface area contributed by atoms with Crippen LogP contribution in [-0.2, 0) is 94.3 Å². The Kier molecular flexibility index (Phi) is 39.0. The smallest absolute Gasteiger partial charge is 0.303 e. The Labute approximate surface area is 637 Å². The second kappa shape index (κ2) is 46.2. The maximum absolute atomic E-state index is 14.8. The number of hydrogen-bond acceptors (Lipinski definition) is 22. The largest absolute Gasteiger partial charge is 0.481 e. The lowest BCUT2D eigenvalue weighted by Crippen LogP contribution is -2.62. The molecule has 0 aliphatic heterocycles. The molecule has 0 radical (unpaired) electrons. The van der Waals surface area contributed by atoms with Gasteiger partial charge < -0.3 is 118 Å². The number of imidazole rings is 1. The zero-order valence-electron chi connectivity index (χ0n) is 61.5. The van der Waals surface area contributed by atoms with E-state index in [9.17, 15) is 91.7 Å². The lowest BCUT2D eigenvalue weighted by atomic mass is 10.0. The third-order valence-electron chi connectivity index (χ3n) is 16.1. The number of fused-ring (bicyclic) bond motifs is 1. The zero-order valence-corrected chi connectivity index (χ0v) is 63.3. The summed E-state index contributed by atoms with van der Waals surface area (Å²) in [7, 11) is 0. The predicted octanol–water partition coefficient (Wildman–Crippen LogP) is -7.60. The van der Waals surface area contributed by atoms with Gasteiger partial charge in [0, 0.05) is 73.2 Å². The van der Waals surface area contributed by atoms with Gasteiger partial charge in [-0.25, -0.2) is 4.98 Å². The van der Waals surface area contributed by atoms with Gasteiger partial charge in [-0.2, -0.15) is 25.3 Å². The fourth-order valence-electron chi connectivity index (χ4n) is 10.5. The molecule has 41 nitrogen and oxygen atoms in total. The number of thiol groups is 2. The molecule has 43 heteroatoms. The van der Waals surface area contributed by atoms with Crippen LogP contribution in [0.15, 0.2) is 48.0 Å². The molecule has 0 saturated carbocycles. The summed E-state index contributed by atoms with van der Waals surface area (Å²) >= 11 is 8.25. The molecule has 602 valence electrons. The highest BCUT2D eigenvalue weighted by atomic mass is 32.1. The van der Waals surface area contributed by atoms with E-state index in [-0.39, 0.29) is 80.1 Å². The Morgan fingerprint density at radius 3 is 1.50 bits per heavy atom. The average molecular weight is 1570 g/mol. The summed E-state index contributed by atoms with van der Waals surface area (Å²) in [5, 5.41) is 55.1. The summed E-state index contributed by atoms with van der Waals surface area (Å²) in [4.78, 5) is 242. The lowest BCUT2D eigenvalue weighted by molar-refractivity contribution is -0.139. The Morgan fingerprint density at radius 2 is 0.972 bits per heavy atom. The molecule has 3 aromatic rings. The minimum Gasteiger partial charge on any atom is -0.481 e. The summed E-state index contributed by atoms with van der Waals surface area (Å²) in [6, 6.07) is -11.8. The number of nitrogens with one attached hydrogen (secondary N) is 16. The van der Waals surface area contributed by atoms with Crippen molar-refractivity contribution >= 4 is 143 Å². The van der Waals surface area contributed by atoms with Crippen LogP contribution >= 0.6 is 25.3 Å². The van der Waals surface area contributed by atoms with Crippen LogP contribution in [0.5, 0.6) is 0 Å². The van der Waals surface area contributed by atoms with E-state index in [1.807, 2.05) is 0 Å². The number of carbonyl (C=O) groups excluding carboxylic acids is 16.